The Labute approximate surface area is 196 Å². The van der Waals surface area contributed by atoms with Crippen LogP contribution < -0.4 is 26.2 Å². The molecule has 2 fully saturated rings. The summed E-state index contributed by atoms with van der Waals surface area (Å²) in [6, 6.07) is 14.1. The summed E-state index contributed by atoms with van der Waals surface area (Å²) in [7, 11) is 0. The minimum absolute atomic E-state index is 0.714. The van der Waals surface area contributed by atoms with E-state index in [2.05, 4.69) is 56.0 Å². The first kappa shape index (κ1) is 21.9. The number of fused-ring (bicyclic) bond motifs is 2. The van der Waals surface area contributed by atoms with Crippen molar-refractivity contribution in [3.05, 3.63) is 36.4 Å². The molecule has 0 saturated carbocycles. The van der Waals surface area contributed by atoms with Crippen LogP contribution in [0.25, 0.3) is 0 Å². The number of anilines is 4. The van der Waals surface area contributed by atoms with Crippen molar-refractivity contribution >= 4 is 34.5 Å². The number of benzene rings is 2. The topological polar surface area (TPSA) is 65.0 Å². The Bertz CT molecular complexity index is 921. The fourth-order valence-corrected chi connectivity index (χ4v) is 6.30. The molecule has 6 nitrogen and oxygen atoms in total. The van der Waals surface area contributed by atoms with Crippen LogP contribution in [-0.2, 0) is 0 Å². The molecule has 3 aliphatic rings. The molecule has 4 N–H and O–H groups in total. The van der Waals surface area contributed by atoms with Gasteiger partial charge in [0.15, 0.2) is 0 Å². The van der Waals surface area contributed by atoms with Crippen molar-refractivity contribution in [3.8, 4) is 0 Å². The molecule has 0 bridgehead atoms. The fraction of sp³-hybridized carbons (Fsp3) is 0.520. The Morgan fingerprint density at radius 3 is 1.84 bits per heavy atom. The van der Waals surface area contributed by atoms with E-state index in [0.717, 1.165) is 52.2 Å². The summed E-state index contributed by atoms with van der Waals surface area (Å²) >= 11 is 1.93. The first-order chi connectivity index (χ1) is 15.8. The van der Waals surface area contributed by atoms with Crippen LogP contribution in [0.15, 0.2) is 46.2 Å². The Morgan fingerprint density at radius 1 is 0.688 bits per heavy atom. The van der Waals surface area contributed by atoms with Gasteiger partial charge in [0.1, 0.15) is 0 Å². The average molecular weight is 453 g/mol. The van der Waals surface area contributed by atoms with Gasteiger partial charge >= 0.3 is 0 Å². The van der Waals surface area contributed by atoms with Crippen molar-refractivity contribution in [1.82, 2.24) is 4.90 Å². The van der Waals surface area contributed by atoms with E-state index in [1.165, 1.54) is 58.5 Å². The van der Waals surface area contributed by atoms with Crippen molar-refractivity contribution < 1.29 is 0 Å². The van der Waals surface area contributed by atoms with E-state index in [1.807, 2.05) is 11.8 Å². The molecule has 2 aromatic rings. The van der Waals surface area contributed by atoms with E-state index in [9.17, 15) is 0 Å². The molecule has 0 unspecified atom stereocenters. The van der Waals surface area contributed by atoms with Gasteiger partial charge in [0, 0.05) is 80.1 Å². The average Bonchev–Trinajstić information content (AvgIpc) is 3.37. The molecule has 0 aliphatic carbocycles. The molecule has 2 saturated heterocycles. The highest BCUT2D eigenvalue weighted by Gasteiger charge is 2.26. The third-order valence-corrected chi connectivity index (χ3v) is 8.02. The number of nitrogens with two attached hydrogens (primary N) is 2. The van der Waals surface area contributed by atoms with Crippen LogP contribution >= 0.6 is 11.8 Å². The van der Waals surface area contributed by atoms with E-state index < -0.39 is 0 Å². The van der Waals surface area contributed by atoms with Gasteiger partial charge in [-0.05, 0) is 62.2 Å². The lowest BCUT2D eigenvalue weighted by Crippen LogP contribution is -2.47. The summed E-state index contributed by atoms with van der Waals surface area (Å²) in [6.45, 7) is 10.1. The van der Waals surface area contributed by atoms with Crippen LogP contribution in [0.2, 0.25) is 0 Å². The van der Waals surface area contributed by atoms with E-state index in [-0.39, 0.29) is 0 Å². The Morgan fingerprint density at radius 2 is 1.28 bits per heavy atom. The number of hydrogen-bond acceptors (Lipinski definition) is 7. The van der Waals surface area contributed by atoms with E-state index in [1.54, 1.807) is 0 Å². The molecule has 172 valence electrons. The summed E-state index contributed by atoms with van der Waals surface area (Å²) < 4.78 is 0. The van der Waals surface area contributed by atoms with Crippen LogP contribution in [0.1, 0.15) is 19.3 Å². The van der Waals surface area contributed by atoms with Gasteiger partial charge in [-0.1, -0.05) is 11.8 Å². The third kappa shape index (κ3) is 4.44. The Balaban J connectivity index is 1.41. The molecule has 3 heterocycles. The summed E-state index contributed by atoms with van der Waals surface area (Å²) in [5.74, 6) is 0. The van der Waals surface area contributed by atoms with Gasteiger partial charge in [-0.15, -0.1) is 0 Å². The predicted molar refractivity (Wildman–Crippen MR) is 137 cm³/mol. The van der Waals surface area contributed by atoms with Crippen LogP contribution in [0.3, 0.4) is 0 Å². The number of nitrogens with zero attached hydrogens (tertiary/aromatic N) is 4. The monoisotopic (exact) mass is 452 g/mol. The third-order valence-electron chi connectivity index (χ3n) is 6.93. The molecule has 2 aromatic carbocycles. The standard InChI is InChI=1S/C25H36N6S/c26-8-3-12-31-22-6-4-20(29-10-1-2-11-29)18-24(22)32-25-19-21(5-7-23(25)31)30-16-14-28(13-9-27)15-17-30/h4-7,18-19H,1-3,8-17,26-27H2. The minimum Gasteiger partial charge on any atom is -0.372 e. The molecule has 0 aromatic heterocycles. The van der Waals surface area contributed by atoms with Crippen molar-refractivity contribution in [2.24, 2.45) is 11.5 Å². The zero-order chi connectivity index (χ0) is 21.9. The molecule has 5 rings (SSSR count). The first-order valence-corrected chi connectivity index (χ1v) is 12.9. The molecule has 7 heteroatoms. The van der Waals surface area contributed by atoms with Gasteiger partial charge in [-0.25, -0.2) is 0 Å². The summed E-state index contributed by atoms with van der Waals surface area (Å²) in [6.07, 6.45) is 3.59. The molecule has 0 atom stereocenters. The summed E-state index contributed by atoms with van der Waals surface area (Å²) in [5.41, 5.74) is 17.0. The highest BCUT2D eigenvalue weighted by Crippen LogP contribution is 2.50. The SMILES string of the molecule is NCCCN1c2ccc(N3CCCC3)cc2Sc2cc(N3CCN(CCN)CC3)ccc21. The fourth-order valence-electron chi connectivity index (χ4n) is 5.13. The Hall–Kier alpha value is -1.93. The number of rotatable bonds is 7. The smallest absolute Gasteiger partial charge is 0.0554 e. The zero-order valence-electron chi connectivity index (χ0n) is 19.0. The van der Waals surface area contributed by atoms with E-state index in [0.29, 0.717) is 6.54 Å². The summed E-state index contributed by atoms with van der Waals surface area (Å²) in [4.78, 5) is 12.7. The van der Waals surface area contributed by atoms with Crippen LogP contribution in [0.5, 0.6) is 0 Å². The van der Waals surface area contributed by atoms with Gasteiger partial charge in [0.05, 0.1) is 11.4 Å². The maximum absolute atomic E-state index is 5.89. The van der Waals surface area contributed by atoms with Crippen molar-refractivity contribution in [2.75, 3.05) is 80.1 Å². The van der Waals surface area contributed by atoms with E-state index >= 15 is 0 Å². The molecular formula is C25H36N6S. The second kappa shape index (κ2) is 9.91. The number of hydrogen-bond donors (Lipinski definition) is 2. The quantitative estimate of drug-likeness (QED) is 0.668. The summed E-state index contributed by atoms with van der Waals surface area (Å²) in [5, 5.41) is 0. The maximum atomic E-state index is 5.89. The van der Waals surface area contributed by atoms with Crippen LogP contribution in [-0.4, -0.2) is 70.3 Å². The van der Waals surface area contributed by atoms with Gasteiger partial charge in [-0.3, -0.25) is 4.90 Å². The second-order valence-corrected chi connectivity index (χ2v) is 10.1. The molecule has 32 heavy (non-hydrogen) atoms. The molecule has 0 spiro atoms. The maximum Gasteiger partial charge on any atom is 0.0554 e. The van der Waals surface area contributed by atoms with Crippen LogP contribution in [0.4, 0.5) is 22.7 Å². The zero-order valence-corrected chi connectivity index (χ0v) is 19.8. The molecular weight excluding hydrogens is 416 g/mol. The predicted octanol–water partition coefficient (Wildman–Crippen LogP) is 3.32. The number of piperazine rings is 1. The highest BCUT2D eigenvalue weighted by molar-refractivity contribution is 7.99. The van der Waals surface area contributed by atoms with Crippen molar-refractivity contribution in [2.45, 2.75) is 29.1 Å². The molecule has 3 aliphatic heterocycles. The lowest BCUT2D eigenvalue weighted by atomic mass is 10.1. The molecule has 0 radical (unpaired) electrons. The van der Waals surface area contributed by atoms with Crippen LogP contribution in [0, 0.1) is 0 Å². The largest absolute Gasteiger partial charge is 0.372 e. The van der Waals surface area contributed by atoms with E-state index in [4.69, 9.17) is 11.5 Å². The van der Waals surface area contributed by atoms with Crippen molar-refractivity contribution in [1.29, 1.82) is 0 Å². The first-order valence-electron chi connectivity index (χ1n) is 12.1. The lowest BCUT2D eigenvalue weighted by molar-refractivity contribution is 0.265. The lowest BCUT2D eigenvalue weighted by Gasteiger charge is -2.37. The van der Waals surface area contributed by atoms with Gasteiger partial charge < -0.3 is 26.2 Å². The Kier molecular flexibility index (Phi) is 6.78. The molecule has 0 amide bonds. The minimum atomic E-state index is 0.714. The highest BCUT2D eigenvalue weighted by atomic mass is 32.2. The van der Waals surface area contributed by atoms with Gasteiger partial charge in [0.2, 0.25) is 0 Å². The van der Waals surface area contributed by atoms with Gasteiger partial charge in [-0.2, -0.15) is 0 Å². The van der Waals surface area contributed by atoms with Gasteiger partial charge in [0.25, 0.3) is 0 Å². The second-order valence-electron chi connectivity index (χ2n) is 9.01. The van der Waals surface area contributed by atoms with Crippen molar-refractivity contribution in [3.63, 3.8) is 0 Å². The normalized spacial score (nSPS) is 18.8.